The van der Waals surface area contributed by atoms with E-state index in [1.54, 1.807) is 12.1 Å². The molecule has 1 atom stereocenters. The van der Waals surface area contributed by atoms with Gasteiger partial charge in [-0.2, -0.15) is 0 Å². The van der Waals surface area contributed by atoms with Gasteiger partial charge in [-0.1, -0.05) is 78.9 Å². The first-order valence-corrected chi connectivity index (χ1v) is 10.3. The van der Waals surface area contributed by atoms with Crippen LogP contribution >= 0.6 is 0 Å². The van der Waals surface area contributed by atoms with E-state index in [0.29, 0.717) is 0 Å². The molecule has 2 N–H and O–H groups in total. The van der Waals surface area contributed by atoms with E-state index in [-0.39, 0.29) is 17.7 Å². The topological polar surface area (TPSA) is 75.6 Å². The lowest BCUT2D eigenvalue weighted by atomic mass is 10.00. The van der Waals surface area contributed by atoms with Crippen LogP contribution in [0.3, 0.4) is 0 Å². The van der Waals surface area contributed by atoms with E-state index >= 15 is 0 Å². The number of aromatic hydroxyl groups is 1. The molecule has 4 rings (SSSR count). The summed E-state index contributed by atoms with van der Waals surface area (Å²) < 4.78 is 4.90. The second-order valence-corrected chi connectivity index (χ2v) is 7.53. The molecule has 0 unspecified atom stereocenters. The summed E-state index contributed by atoms with van der Waals surface area (Å²) in [6.45, 7) is 0. The van der Waals surface area contributed by atoms with Crippen LogP contribution in [0.4, 0.5) is 0 Å². The molecule has 5 heteroatoms. The summed E-state index contributed by atoms with van der Waals surface area (Å²) in [5, 5.41) is 14.7. The van der Waals surface area contributed by atoms with Crippen LogP contribution in [0.1, 0.15) is 15.9 Å². The number of carbonyl (C=O) groups is 2. The number of fused-ring (bicyclic) bond motifs is 1. The number of phenolic OH excluding ortho intramolecular Hbond substituents is 1. The van der Waals surface area contributed by atoms with Gasteiger partial charge in [0.15, 0.2) is 0 Å². The molecule has 0 fully saturated rings. The Morgan fingerprint density at radius 1 is 0.844 bits per heavy atom. The van der Waals surface area contributed by atoms with E-state index < -0.39 is 17.9 Å². The van der Waals surface area contributed by atoms with Gasteiger partial charge < -0.3 is 15.2 Å². The number of rotatable bonds is 6. The molecule has 0 aromatic heterocycles. The summed E-state index contributed by atoms with van der Waals surface area (Å²) >= 11 is 0. The zero-order chi connectivity index (χ0) is 22.5. The molecule has 0 heterocycles. The third-order valence-electron chi connectivity index (χ3n) is 5.40. The lowest BCUT2D eigenvalue weighted by Crippen LogP contribution is -2.43. The van der Waals surface area contributed by atoms with Gasteiger partial charge in [-0.3, -0.25) is 4.79 Å². The van der Waals surface area contributed by atoms with E-state index in [1.807, 2.05) is 78.9 Å². The Morgan fingerprint density at radius 3 is 2.09 bits per heavy atom. The summed E-state index contributed by atoms with van der Waals surface area (Å²) in [5.41, 5.74) is 3.15. The third-order valence-corrected chi connectivity index (χ3v) is 5.40. The Morgan fingerprint density at radius 2 is 1.44 bits per heavy atom. The molecule has 0 radical (unpaired) electrons. The number of hydrogen-bond acceptors (Lipinski definition) is 4. The minimum Gasteiger partial charge on any atom is -0.507 e. The van der Waals surface area contributed by atoms with Crippen molar-refractivity contribution in [1.82, 2.24) is 5.32 Å². The Hall–Kier alpha value is -4.12. The lowest BCUT2D eigenvalue weighted by Gasteiger charge is -2.17. The van der Waals surface area contributed by atoms with Crippen LogP contribution < -0.4 is 5.32 Å². The average molecular weight is 425 g/mol. The summed E-state index contributed by atoms with van der Waals surface area (Å²) in [4.78, 5) is 25.3. The van der Waals surface area contributed by atoms with E-state index in [0.717, 1.165) is 27.5 Å². The Labute approximate surface area is 186 Å². The van der Waals surface area contributed by atoms with Crippen molar-refractivity contribution in [2.24, 2.45) is 0 Å². The van der Waals surface area contributed by atoms with Crippen molar-refractivity contribution in [1.29, 1.82) is 0 Å². The molecule has 0 saturated carbocycles. The van der Waals surface area contributed by atoms with E-state index in [1.165, 1.54) is 7.11 Å². The number of hydrogen-bond donors (Lipinski definition) is 2. The molecule has 4 aromatic rings. The van der Waals surface area contributed by atoms with E-state index in [2.05, 4.69) is 5.32 Å². The zero-order valence-corrected chi connectivity index (χ0v) is 17.6. The monoisotopic (exact) mass is 425 g/mol. The second-order valence-electron chi connectivity index (χ2n) is 7.53. The predicted octanol–water partition coefficient (Wildman–Crippen LogP) is 4.73. The van der Waals surface area contributed by atoms with Crippen molar-refractivity contribution in [2.75, 3.05) is 7.11 Å². The average Bonchev–Trinajstić information content (AvgIpc) is 2.83. The minimum absolute atomic E-state index is 0.108. The molecular formula is C27H23NO4. The van der Waals surface area contributed by atoms with Crippen molar-refractivity contribution in [3.63, 3.8) is 0 Å². The maximum atomic E-state index is 12.9. The van der Waals surface area contributed by atoms with Crippen molar-refractivity contribution < 1.29 is 19.4 Å². The highest BCUT2D eigenvalue weighted by Gasteiger charge is 2.24. The Balaban J connectivity index is 1.53. The number of esters is 1. The minimum atomic E-state index is -0.888. The van der Waals surface area contributed by atoms with Crippen LogP contribution in [0.5, 0.6) is 5.75 Å². The molecule has 160 valence electrons. The van der Waals surface area contributed by atoms with Gasteiger partial charge in [-0.05, 0) is 39.6 Å². The predicted molar refractivity (Wildman–Crippen MR) is 124 cm³/mol. The standard InChI is InChI=1S/C27H23NO4/c1-32-27(31)24(15-18-11-13-20(14-12-18)19-7-3-2-4-8-19)28-26(30)23-16-21-9-5-6-10-22(21)17-25(23)29/h2-14,16-17,24,29H,15H2,1H3,(H,28,30)/t24-/m0/s1. The van der Waals surface area contributed by atoms with Crippen LogP contribution in [0, 0.1) is 0 Å². The number of methoxy groups -OCH3 is 1. The fourth-order valence-corrected chi connectivity index (χ4v) is 3.68. The smallest absolute Gasteiger partial charge is 0.328 e. The Kier molecular flexibility index (Phi) is 6.17. The first-order valence-electron chi connectivity index (χ1n) is 10.3. The number of phenols is 1. The van der Waals surface area contributed by atoms with Gasteiger partial charge in [-0.15, -0.1) is 0 Å². The van der Waals surface area contributed by atoms with E-state index in [9.17, 15) is 14.7 Å². The normalized spacial score (nSPS) is 11.7. The summed E-state index contributed by atoms with van der Waals surface area (Å²) in [5.74, 6) is -1.23. The summed E-state index contributed by atoms with van der Waals surface area (Å²) in [6, 6.07) is 27.5. The van der Waals surface area contributed by atoms with Crippen molar-refractivity contribution >= 4 is 22.6 Å². The number of nitrogens with one attached hydrogen (secondary N) is 1. The van der Waals surface area contributed by atoms with Crippen LogP contribution in [-0.2, 0) is 16.0 Å². The first-order chi connectivity index (χ1) is 15.5. The SMILES string of the molecule is COC(=O)[C@H](Cc1ccc(-c2ccccc2)cc1)NC(=O)c1cc2ccccc2cc1O. The molecule has 0 bridgehead atoms. The molecule has 0 saturated heterocycles. The van der Waals surface area contributed by atoms with Gasteiger partial charge in [0.1, 0.15) is 11.8 Å². The van der Waals surface area contributed by atoms with Gasteiger partial charge in [0.2, 0.25) is 0 Å². The molecule has 32 heavy (non-hydrogen) atoms. The van der Waals surface area contributed by atoms with Crippen molar-refractivity contribution in [3.8, 4) is 16.9 Å². The van der Waals surface area contributed by atoms with Crippen LogP contribution in [0.2, 0.25) is 0 Å². The third kappa shape index (κ3) is 4.62. The second kappa shape index (κ2) is 9.35. The summed E-state index contributed by atoms with van der Waals surface area (Å²) in [7, 11) is 1.29. The maximum Gasteiger partial charge on any atom is 0.328 e. The highest BCUT2D eigenvalue weighted by molar-refractivity contribution is 6.02. The van der Waals surface area contributed by atoms with Crippen LogP contribution in [0.25, 0.3) is 21.9 Å². The van der Waals surface area contributed by atoms with Gasteiger partial charge in [0, 0.05) is 6.42 Å². The van der Waals surface area contributed by atoms with Gasteiger partial charge in [0.05, 0.1) is 12.7 Å². The number of carbonyl (C=O) groups excluding carboxylic acids is 2. The molecule has 0 aliphatic rings. The van der Waals surface area contributed by atoms with Gasteiger partial charge in [0.25, 0.3) is 5.91 Å². The molecule has 0 spiro atoms. The Bertz CT molecular complexity index is 1250. The van der Waals surface area contributed by atoms with Crippen LogP contribution in [0.15, 0.2) is 91.0 Å². The van der Waals surface area contributed by atoms with Crippen molar-refractivity contribution in [2.45, 2.75) is 12.5 Å². The van der Waals surface area contributed by atoms with Gasteiger partial charge >= 0.3 is 5.97 Å². The quantitative estimate of drug-likeness (QED) is 0.438. The fraction of sp³-hybridized carbons (Fsp3) is 0.111. The van der Waals surface area contributed by atoms with E-state index in [4.69, 9.17) is 4.74 Å². The zero-order valence-electron chi connectivity index (χ0n) is 17.6. The lowest BCUT2D eigenvalue weighted by molar-refractivity contribution is -0.142. The molecule has 0 aliphatic heterocycles. The largest absolute Gasteiger partial charge is 0.507 e. The number of benzene rings is 4. The van der Waals surface area contributed by atoms with Crippen molar-refractivity contribution in [3.05, 3.63) is 102 Å². The highest BCUT2D eigenvalue weighted by atomic mass is 16.5. The number of amides is 1. The molecule has 4 aromatic carbocycles. The van der Waals surface area contributed by atoms with Crippen LogP contribution in [-0.4, -0.2) is 30.1 Å². The fourth-order valence-electron chi connectivity index (χ4n) is 3.68. The summed E-state index contributed by atoms with van der Waals surface area (Å²) in [6.07, 6.45) is 0.266. The molecule has 0 aliphatic carbocycles. The molecule has 5 nitrogen and oxygen atoms in total. The first kappa shape index (κ1) is 21.1. The molecular weight excluding hydrogens is 402 g/mol. The van der Waals surface area contributed by atoms with Gasteiger partial charge in [-0.25, -0.2) is 4.79 Å². The highest BCUT2D eigenvalue weighted by Crippen LogP contribution is 2.25. The molecule has 1 amide bonds. The maximum absolute atomic E-state index is 12.9. The number of ether oxygens (including phenoxy) is 1.